The van der Waals surface area contributed by atoms with Crippen LogP contribution in [0.1, 0.15) is 86.2 Å². The van der Waals surface area contributed by atoms with Gasteiger partial charge < -0.3 is 35.3 Å². The molecule has 0 aliphatic carbocycles. The largest absolute Gasteiger partial charge is 0.444 e. The van der Waals surface area contributed by atoms with Crippen molar-refractivity contribution >= 4 is 23.8 Å². The zero-order valence-electron chi connectivity index (χ0n) is 32.1. The van der Waals surface area contributed by atoms with E-state index in [0.29, 0.717) is 12.4 Å². The van der Waals surface area contributed by atoms with E-state index in [0.717, 1.165) is 23.8 Å². The second kappa shape index (κ2) is 18.3. The van der Waals surface area contributed by atoms with Crippen LogP contribution in [0.4, 0.5) is 13.6 Å². The van der Waals surface area contributed by atoms with Gasteiger partial charge in [-0.2, -0.15) is 0 Å². The van der Waals surface area contributed by atoms with Gasteiger partial charge in [-0.3, -0.25) is 14.4 Å². The second-order valence-electron chi connectivity index (χ2n) is 15.5. The van der Waals surface area contributed by atoms with Gasteiger partial charge in [-0.15, -0.1) is 0 Å². The quantitative estimate of drug-likeness (QED) is 0.153. The number of amides is 4. The maximum Gasteiger partial charge on any atom is 0.408 e. The number of benzene rings is 2. The maximum atomic E-state index is 15.0. The van der Waals surface area contributed by atoms with Crippen molar-refractivity contribution in [3.05, 3.63) is 77.8 Å². The highest BCUT2D eigenvalue weighted by Gasteiger charge is 2.38. The summed E-state index contributed by atoms with van der Waals surface area (Å²) in [5.74, 6) is -2.79. The Balaban J connectivity index is 1.81. The molecule has 3 rings (SSSR count). The fraction of sp³-hybridized carbons (Fsp3) is 0.513. The van der Waals surface area contributed by atoms with E-state index in [1.165, 1.54) is 11.8 Å². The van der Waals surface area contributed by atoms with Gasteiger partial charge in [-0.1, -0.05) is 65.0 Å². The van der Waals surface area contributed by atoms with E-state index in [9.17, 15) is 33.1 Å². The van der Waals surface area contributed by atoms with Gasteiger partial charge in [0, 0.05) is 31.4 Å². The summed E-state index contributed by atoms with van der Waals surface area (Å²) in [6, 6.07) is 9.98. The van der Waals surface area contributed by atoms with Crippen LogP contribution in [0, 0.1) is 23.0 Å². The van der Waals surface area contributed by atoms with Crippen LogP contribution in [0.15, 0.2) is 54.7 Å². The highest BCUT2D eigenvalue weighted by Crippen LogP contribution is 2.39. The molecule has 0 aliphatic heterocycles. The Kier molecular flexibility index (Phi) is 14.7. The minimum absolute atomic E-state index is 0.0324. The Morgan fingerprint density at radius 2 is 1.60 bits per heavy atom. The molecule has 0 bridgehead atoms. The van der Waals surface area contributed by atoms with Crippen LogP contribution in [-0.2, 0) is 25.7 Å². The maximum absolute atomic E-state index is 15.0. The normalized spacial score (nSPS) is 13.5. The first-order valence-electron chi connectivity index (χ1n) is 17.8. The number of alkyl carbamates (subject to hydrolysis) is 1. The Bertz CT molecular complexity index is 1720. The standard InChI is InChI=1S/C39H54F2N6O6/c1-24(2)32(45-37(52)53-39(7,8)9)36(51)43-25(3)35(50)42-18-13-19-47(31(49)23-48)33(38(4,5)6)34-44-30(28-20-27(40)16-17-29(28)41)22-46(34)21-26-14-11-10-12-15-26/h10-12,14-17,20,22,24-25,32-33,48H,13,18-19,21,23H2,1-9H3,(H,42,50)(H,43,51)(H,45,52)/t25-,32-,33-/m0/s1. The number of nitrogens with one attached hydrogen (secondary N) is 3. The van der Waals surface area contributed by atoms with E-state index in [-0.39, 0.29) is 36.7 Å². The number of aliphatic hydroxyl groups excluding tert-OH is 1. The molecular formula is C39H54F2N6O6. The summed E-state index contributed by atoms with van der Waals surface area (Å²) in [6.07, 6.45) is 1.15. The van der Waals surface area contributed by atoms with Gasteiger partial charge in [0.1, 0.15) is 41.8 Å². The predicted molar refractivity (Wildman–Crippen MR) is 197 cm³/mol. The molecule has 290 valence electrons. The van der Waals surface area contributed by atoms with Crippen molar-refractivity contribution in [2.75, 3.05) is 19.7 Å². The lowest BCUT2D eigenvalue weighted by Gasteiger charge is -2.40. The number of carbonyl (C=O) groups excluding carboxylic acids is 4. The molecule has 2 aromatic carbocycles. The minimum Gasteiger partial charge on any atom is -0.444 e. The van der Waals surface area contributed by atoms with Crippen LogP contribution in [0.25, 0.3) is 11.3 Å². The Hall–Kier alpha value is -4.85. The molecule has 3 aromatic rings. The fourth-order valence-electron chi connectivity index (χ4n) is 5.81. The summed E-state index contributed by atoms with van der Waals surface area (Å²) >= 11 is 0. The molecule has 4 N–H and O–H groups in total. The topological polar surface area (TPSA) is 155 Å². The summed E-state index contributed by atoms with van der Waals surface area (Å²) in [5.41, 5.74) is -0.356. The Morgan fingerprint density at radius 3 is 2.19 bits per heavy atom. The highest BCUT2D eigenvalue weighted by molar-refractivity contribution is 5.91. The molecule has 0 saturated heterocycles. The van der Waals surface area contributed by atoms with E-state index in [2.05, 4.69) is 16.0 Å². The average molecular weight is 741 g/mol. The molecule has 53 heavy (non-hydrogen) atoms. The molecule has 1 aromatic heterocycles. The number of aromatic nitrogens is 2. The summed E-state index contributed by atoms with van der Waals surface area (Å²) in [4.78, 5) is 58.0. The zero-order valence-corrected chi connectivity index (χ0v) is 32.1. The fourth-order valence-corrected chi connectivity index (χ4v) is 5.81. The molecule has 4 amide bonds. The third kappa shape index (κ3) is 12.4. The van der Waals surface area contributed by atoms with Crippen LogP contribution >= 0.6 is 0 Å². The first-order chi connectivity index (χ1) is 24.7. The van der Waals surface area contributed by atoms with Crippen molar-refractivity contribution in [3.8, 4) is 11.3 Å². The summed E-state index contributed by atoms with van der Waals surface area (Å²) in [6.45, 7) is 15.6. The van der Waals surface area contributed by atoms with Crippen molar-refractivity contribution in [1.82, 2.24) is 30.4 Å². The molecule has 0 radical (unpaired) electrons. The molecule has 0 aliphatic rings. The number of hydrogen-bond donors (Lipinski definition) is 4. The number of rotatable bonds is 15. The van der Waals surface area contributed by atoms with Gasteiger partial charge in [0.2, 0.25) is 17.7 Å². The second-order valence-corrected chi connectivity index (χ2v) is 15.5. The molecule has 1 heterocycles. The molecule has 0 spiro atoms. The van der Waals surface area contributed by atoms with Gasteiger partial charge in [-0.05, 0) is 69.2 Å². The molecule has 0 saturated carbocycles. The van der Waals surface area contributed by atoms with Crippen LogP contribution in [0.2, 0.25) is 0 Å². The third-order valence-corrected chi connectivity index (χ3v) is 8.29. The van der Waals surface area contributed by atoms with Crippen LogP contribution in [0.3, 0.4) is 0 Å². The molecule has 12 nitrogen and oxygen atoms in total. The van der Waals surface area contributed by atoms with Gasteiger partial charge in [0.25, 0.3) is 0 Å². The lowest BCUT2D eigenvalue weighted by atomic mass is 9.84. The first-order valence-corrected chi connectivity index (χ1v) is 17.8. The lowest BCUT2D eigenvalue weighted by molar-refractivity contribution is -0.139. The van der Waals surface area contributed by atoms with Crippen molar-refractivity contribution in [3.63, 3.8) is 0 Å². The van der Waals surface area contributed by atoms with Gasteiger partial charge in [0.05, 0.1) is 11.7 Å². The number of hydrogen-bond acceptors (Lipinski definition) is 7. The van der Waals surface area contributed by atoms with E-state index in [4.69, 9.17) is 9.72 Å². The summed E-state index contributed by atoms with van der Waals surface area (Å²) in [5, 5.41) is 18.0. The Labute approximate surface area is 310 Å². The number of ether oxygens (including phenoxy) is 1. The minimum atomic E-state index is -0.950. The summed E-state index contributed by atoms with van der Waals surface area (Å²) in [7, 11) is 0. The zero-order chi connectivity index (χ0) is 39.7. The molecule has 14 heteroatoms. The monoisotopic (exact) mass is 740 g/mol. The first kappa shape index (κ1) is 42.6. The number of carbonyl (C=O) groups is 4. The summed E-state index contributed by atoms with van der Waals surface area (Å²) < 4.78 is 36.3. The van der Waals surface area contributed by atoms with Gasteiger partial charge in [0.15, 0.2) is 0 Å². The molecule has 0 fully saturated rings. The van der Waals surface area contributed by atoms with E-state index >= 15 is 0 Å². The Morgan fingerprint density at radius 1 is 0.943 bits per heavy atom. The SMILES string of the molecule is CC(C)[C@H](NC(=O)OC(C)(C)C)C(=O)N[C@@H](C)C(=O)NCCCN(C(=O)CO)[C@@H](c1nc(-c2cc(F)ccc2F)cn1Cc1ccccc1)C(C)(C)C. The predicted octanol–water partition coefficient (Wildman–Crippen LogP) is 5.35. The van der Waals surface area contributed by atoms with Crippen molar-refractivity contribution < 1.29 is 37.8 Å². The number of aliphatic hydroxyl groups is 1. The molecule has 0 unspecified atom stereocenters. The van der Waals surface area contributed by atoms with Gasteiger partial charge >= 0.3 is 6.09 Å². The number of halogens is 2. The van der Waals surface area contributed by atoms with Crippen LogP contribution < -0.4 is 16.0 Å². The number of imidazole rings is 1. The average Bonchev–Trinajstić information content (AvgIpc) is 3.46. The third-order valence-electron chi connectivity index (χ3n) is 8.29. The van der Waals surface area contributed by atoms with Crippen molar-refractivity contribution in [2.24, 2.45) is 11.3 Å². The van der Waals surface area contributed by atoms with Crippen LogP contribution in [-0.4, -0.2) is 80.8 Å². The van der Waals surface area contributed by atoms with Gasteiger partial charge in [-0.25, -0.2) is 18.6 Å². The van der Waals surface area contributed by atoms with Crippen LogP contribution in [0.5, 0.6) is 0 Å². The lowest BCUT2D eigenvalue weighted by Crippen LogP contribution is -2.55. The van der Waals surface area contributed by atoms with Crippen molar-refractivity contribution in [1.29, 1.82) is 0 Å². The van der Waals surface area contributed by atoms with Crippen molar-refractivity contribution in [2.45, 2.75) is 99.0 Å². The van der Waals surface area contributed by atoms with E-state index in [1.807, 2.05) is 51.1 Å². The highest BCUT2D eigenvalue weighted by atomic mass is 19.1. The smallest absolute Gasteiger partial charge is 0.408 e. The molecule has 3 atom stereocenters. The van der Waals surface area contributed by atoms with E-state index in [1.54, 1.807) is 45.4 Å². The number of nitrogens with zero attached hydrogens (tertiary/aromatic N) is 3. The molecular weight excluding hydrogens is 686 g/mol. The van der Waals surface area contributed by atoms with E-state index < -0.39 is 71.2 Å².